The van der Waals surface area contributed by atoms with Crippen molar-refractivity contribution in [3.63, 3.8) is 0 Å². The highest BCUT2D eigenvalue weighted by molar-refractivity contribution is 5.39. The zero-order valence-electron chi connectivity index (χ0n) is 13.8. The van der Waals surface area contributed by atoms with Gasteiger partial charge >= 0.3 is 0 Å². The summed E-state index contributed by atoms with van der Waals surface area (Å²) >= 11 is 0. The molecule has 0 heterocycles. The summed E-state index contributed by atoms with van der Waals surface area (Å²) in [5.41, 5.74) is 2.42. The molecule has 22 heavy (non-hydrogen) atoms. The Morgan fingerprint density at radius 1 is 0.864 bits per heavy atom. The normalized spacial score (nSPS) is 10.6. The van der Waals surface area contributed by atoms with Crippen LogP contribution in [0.15, 0.2) is 42.5 Å². The average molecular weight is 300 g/mol. The Morgan fingerprint density at radius 2 is 1.50 bits per heavy atom. The van der Waals surface area contributed by atoms with Crippen LogP contribution in [0, 0.1) is 6.92 Å². The summed E-state index contributed by atoms with van der Waals surface area (Å²) in [6.07, 6.45) is 0. The van der Waals surface area contributed by atoms with Gasteiger partial charge in [0.15, 0.2) is 11.5 Å². The maximum Gasteiger partial charge on any atom is 0.161 e. The molecule has 0 radical (unpaired) electrons. The summed E-state index contributed by atoms with van der Waals surface area (Å²) in [6.45, 7) is 7.39. The van der Waals surface area contributed by atoms with Gasteiger partial charge in [-0.3, -0.25) is 0 Å². The summed E-state index contributed by atoms with van der Waals surface area (Å²) in [5, 5.41) is 0. The van der Waals surface area contributed by atoms with E-state index in [0.29, 0.717) is 19.1 Å². The summed E-state index contributed by atoms with van der Waals surface area (Å²) in [5.74, 6) is 2.89. The first-order chi connectivity index (χ1) is 10.6. The second kappa shape index (κ2) is 7.74. The first-order valence-electron chi connectivity index (χ1n) is 7.61. The maximum absolute atomic E-state index is 5.86. The van der Waals surface area contributed by atoms with Crippen molar-refractivity contribution < 1.29 is 14.2 Å². The van der Waals surface area contributed by atoms with Crippen LogP contribution in [0.1, 0.15) is 30.9 Å². The largest absolute Gasteiger partial charge is 0.493 e. The van der Waals surface area contributed by atoms with Crippen molar-refractivity contribution in [2.45, 2.75) is 26.7 Å². The minimum atomic E-state index is 0.478. The lowest BCUT2D eigenvalue weighted by molar-refractivity contribution is 0.210. The molecule has 0 N–H and O–H groups in total. The Morgan fingerprint density at radius 3 is 2.14 bits per heavy atom. The molecule has 118 valence electrons. The number of benzene rings is 2. The van der Waals surface area contributed by atoms with Crippen LogP contribution in [0.25, 0.3) is 0 Å². The smallest absolute Gasteiger partial charge is 0.161 e. The quantitative estimate of drug-likeness (QED) is 0.700. The van der Waals surface area contributed by atoms with Crippen molar-refractivity contribution in [1.82, 2.24) is 0 Å². The molecule has 0 aliphatic heterocycles. The van der Waals surface area contributed by atoms with Gasteiger partial charge in [0, 0.05) is 0 Å². The molecule has 0 aromatic heterocycles. The molecule has 0 bridgehead atoms. The highest BCUT2D eigenvalue weighted by Gasteiger charge is 2.06. The van der Waals surface area contributed by atoms with Gasteiger partial charge in [-0.05, 0) is 42.2 Å². The lowest BCUT2D eigenvalue weighted by atomic mass is 10.0. The minimum absolute atomic E-state index is 0.478. The number of ether oxygens (including phenoxy) is 3. The van der Waals surface area contributed by atoms with Crippen LogP contribution >= 0.6 is 0 Å². The van der Waals surface area contributed by atoms with Gasteiger partial charge < -0.3 is 14.2 Å². The van der Waals surface area contributed by atoms with Crippen LogP contribution in [0.4, 0.5) is 0 Å². The molecular formula is C19H24O3. The van der Waals surface area contributed by atoms with E-state index in [1.807, 2.05) is 24.3 Å². The summed E-state index contributed by atoms with van der Waals surface area (Å²) < 4.78 is 16.8. The van der Waals surface area contributed by atoms with Gasteiger partial charge in [-0.2, -0.15) is 0 Å². The third kappa shape index (κ3) is 4.17. The van der Waals surface area contributed by atoms with Gasteiger partial charge in [-0.1, -0.05) is 38.1 Å². The van der Waals surface area contributed by atoms with Gasteiger partial charge in [-0.25, -0.2) is 0 Å². The van der Waals surface area contributed by atoms with E-state index in [-0.39, 0.29) is 0 Å². The number of hydrogen-bond acceptors (Lipinski definition) is 3. The molecule has 0 aliphatic carbocycles. The van der Waals surface area contributed by atoms with Gasteiger partial charge in [0.25, 0.3) is 0 Å². The van der Waals surface area contributed by atoms with Crippen molar-refractivity contribution in [2.24, 2.45) is 0 Å². The Kier molecular flexibility index (Phi) is 5.70. The Bertz CT molecular complexity index is 605. The van der Waals surface area contributed by atoms with Crippen LogP contribution in [-0.2, 0) is 0 Å². The third-order valence-corrected chi connectivity index (χ3v) is 3.55. The monoisotopic (exact) mass is 300 g/mol. The third-order valence-electron chi connectivity index (χ3n) is 3.55. The van der Waals surface area contributed by atoms with Crippen molar-refractivity contribution in [1.29, 1.82) is 0 Å². The molecule has 2 aromatic carbocycles. The van der Waals surface area contributed by atoms with Crippen molar-refractivity contribution in [3.8, 4) is 17.2 Å². The molecule has 0 saturated carbocycles. The number of rotatable bonds is 7. The molecule has 0 fully saturated rings. The van der Waals surface area contributed by atoms with Gasteiger partial charge in [0.1, 0.15) is 19.0 Å². The summed E-state index contributed by atoms with van der Waals surface area (Å²) in [7, 11) is 1.64. The fourth-order valence-electron chi connectivity index (χ4n) is 2.17. The zero-order chi connectivity index (χ0) is 15.9. The Labute approximate surface area is 132 Å². The second-order valence-corrected chi connectivity index (χ2v) is 5.53. The second-order valence-electron chi connectivity index (χ2n) is 5.53. The molecule has 0 atom stereocenters. The van der Waals surface area contributed by atoms with Gasteiger partial charge in [0.2, 0.25) is 0 Å². The summed E-state index contributed by atoms with van der Waals surface area (Å²) in [4.78, 5) is 0. The highest BCUT2D eigenvalue weighted by Crippen LogP contribution is 2.26. The first-order valence-corrected chi connectivity index (χ1v) is 7.61. The predicted octanol–water partition coefficient (Wildman–Crippen LogP) is 4.58. The molecule has 3 nitrogen and oxygen atoms in total. The van der Waals surface area contributed by atoms with E-state index in [0.717, 1.165) is 22.8 Å². The van der Waals surface area contributed by atoms with Crippen molar-refractivity contribution >= 4 is 0 Å². The molecular weight excluding hydrogens is 276 g/mol. The van der Waals surface area contributed by atoms with Gasteiger partial charge in [-0.15, -0.1) is 0 Å². The van der Waals surface area contributed by atoms with Crippen LogP contribution in [0.5, 0.6) is 17.2 Å². The van der Waals surface area contributed by atoms with Crippen LogP contribution in [0.2, 0.25) is 0 Å². The predicted molar refractivity (Wildman–Crippen MR) is 89.3 cm³/mol. The van der Waals surface area contributed by atoms with E-state index in [1.165, 1.54) is 5.56 Å². The Hall–Kier alpha value is -2.16. The number of hydrogen-bond donors (Lipinski definition) is 0. The Balaban J connectivity index is 1.90. The topological polar surface area (TPSA) is 27.7 Å². The average Bonchev–Trinajstić information content (AvgIpc) is 2.53. The van der Waals surface area contributed by atoms with Crippen molar-refractivity contribution in [3.05, 3.63) is 53.6 Å². The molecule has 0 amide bonds. The number of methoxy groups -OCH3 is 1. The zero-order valence-corrected chi connectivity index (χ0v) is 13.8. The molecule has 0 saturated heterocycles. The molecule has 0 aliphatic rings. The van der Waals surface area contributed by atoms with Crippen LogP contribution < -0.4 is 14.2 Å². The lowest BCUT2D eigenvalue weighted by Gasteiger charge is -2.14. The molecule has 3 heteroatoms. The molecule has 2 rings (SSSR count). The van der Waals surface area contributed by atoms with Crippen molar-refractivity contribution in [2.75, 3.05) is 20.3 Å². The molecule has 0 spiro atoms. The highest BCUT2D eigenvalue weighted by atomic mass is 16.5. The fraction of sp³-hybridized carbons (Fsp3) is 0.368. The fourth-order valence-corrected chi connectivity index (χ4v) is 2.17. The van der Waals surface area contributed by atoms with E-state index < -0.39 is 0 Å². The SMILES string of the molecule is COc1ccccc1OCCOc1cc(C(C)C)ccc1C. The summed E-state index contributed by atoms with van der Waals surface area (Å²) in [6, 6.07) is 14.0. The number of para-hydroxylation sites is 2. The maximum atomic E-state index is 5.86. The standard InChI is InChI=1S/C19H24O3/c1-14(2)16-10-9-15(3)19(13-16)22-12-11-21-18-8-6-5-7-17(18)20-4/h5-10,13-14H,11-12H2,1-4H3. The lowest BCUT2D eigenvalue weighted by Crippen LogP contribution is -2.10. The first kappa shape index (κ1) is 16.2. The van der Waals surface area contributed by atoms with E-state index in [9.17, 15) is 0 Å². The van der Waals surface area contributed by atoms with E-state index in [1.54, 1.807) is 7.11 Å². The van der Waals surface area contributed by atoms with Gasteiger partial charge in [0.05, 0.1) is 7.11 Å². The van der Waals surface area contributed by atoms with Crippen LogP contribution in [0.3, 0.4) is 0 Å². The van der Waals surface area contributed by atoms with E-state index >= 15 is 0 Å². The minimum Gasteiger partial charge on any atom is -0.493 e. The molecule has 0 unspecified atom stereocenters. The molecule has 2 aromatic rings. The van der Waals surface area contributed by atoms with E-state index in [4.69, 9.17) is 14.2 Å². The number of aryl methyl sites for hydroxylation is 1. The van der Waals surface area contributed by atoms with E-state index in [2.05, 4.69) is 39.0 Å². The van der Waals surface area contributed by atoms with Crippen LogP contribution in [-0.4, -0.2) is 20.3 Å².